The molecule has 3 aromatic carbocycles. The van der Waals surface area contributed by atoms with Crippen LogP contribution in [0.5, 0.6) is 17.2 Å². The van der Waals surface area contributed by atoms with Gasteiger partial charge >= 0.3 is 5.97 Å². The molecule has 0 atom stereocenters. The molecule has 0 aliphatic heterocycles. The largest absolute Gasteiger partial charge is 0.497 e. The van der Waals surface area contributed by atoms with Crippen LogP contribution in [0.1, 0.15) is 15.9 Å². The Morgan fingerprint density at radius 1 is 0.939 bits per heavy atom. The summed E-state index contributed by atoms with van der Waals surface area (Å²) in [6.07, 6.45) is 1.50. The van der Waals surface area contributed by atoms with Crippen molar-refractivity contribution in [2.24, 2.45) is 0 Å². The van der Waals surface area contributed by atoms with Gasteiger partial charge in [-0.15, -0.1) is 0 Å². The van der Waals surface area contributed by atoms with Gasteiger partial charge in [0.2, 0.25) is 0 Å². The van der Waals surface area contributed by atoms with Gasteiger partial charge in [0.1, 0.15) is 23.9 Å². The highest BCUT2D eigenvalue weighted by Crippen LogP contribution is 2.30. The molecule has 1 aromatic heterocycles. The molecule has 7 nitrogen and oxygen atoms in total. The van der Waals surface area contributed by atoms with Gasteiger partial charge in [0.05, 0.1) is 25.3 Å². The summed E-state index contributed by atoms with van der Waals surface area (Å²) in [4.78, 5) is 23.6. The Bertz CT molecular complexity index is 1340. The molecule has 4 aromatic rings. The second-order valence-corrected chi connectivity index (χ2v) is 7.65. The van der Waals surface area contributed by atoms with E-state index in [0.29, 0.717) is 38.9 Å². The number of ether oxygens (including phenoxy) is 3. The number of ketones is 1. The van der Waals surface area contributed by atoms with Crippen LogP contribution in [0.25, 0.3) is 16.6 Å². The van der Waals surface area contributed by atoms with Crippen molar-refractivity contribution >= 4 is 34.3 Å². The second-order valence-electron chi connectivity index (χ2n) is 7.22. The van der Waals surface area contributed by atoms with Crippen molar-refractivity contribution in [3.8, 4) is 22.9 Å². The SMILES string of the molecule is COc1cc(COc2cccc(-n3cc(C(=O)C(=O)O)c4cc(Cl)ccc43)c2)cc(OC)c1. The molecule has 0 radical (unpaired) electrons. The molecule has 0 saturated carbocycles. The fourth-order valence-electron chi connectivity index (χ4n) is 3.55. The van der Waals surface area contributed by atoms with E-state index in [0.717, 1.165) is 5.56 Å². The quantitative estimate of drug-likeness (QED) is 0.286. The zero-order valence-electron chi connectivity index (χ0n) is 17.9. The van der Waals surface area contributed by atoms with Crippen LogP contribution in [0.4, 0.5) is 0 Å². The first kappa shape index (κ1) is 22.2. The third-order valence-corrected chi connectivity index (χ3v) is 5.35. The Balaban J connectivity index is 1.67. The number of carbonyl (C=O) groups is 2. The number of aromatic nitrogens is 1. The maximum Gasteiger partial charge on any atom is 0.377 e. The van der Waals surface area contributed by atoms with Gasteiger partial charge in [-0.1, -0.05) is 17.7 Å². The first-order chi connectivity index (χ1) is 15.9. The number of carboxylic acids is 1. The molecule has 0 amide bonds. The predicted octanol–water partition coefficient (Wildman–Crippen LogP) is 5.15. The predicted molar refractivity (Wildman–Crippen MR) is 124 cm³/mol. The number of methoxy groups -OCH3 is 2. The number of aliphatic carboxylic acids is 1. The molecule has 8 heteroatoms. The van der Waals surface area contributed by atoms with Crippen molar-refractivity contribution in [3.63, 3.8) is 0 Å². The molecule has 0 saturated heterocycles. The van der Waals surface area contributed by atoms with E-state index < -0.39 is 11.8 Å². The molecular formula is C25H20ClNO6. The summed E-state index contributed by atoms with van der Waals surface area (Å²) in [5, 5.41) is 10.1. The average molecular weight is 466 g/mol. The molecule has 0 aliphatic rings. The van der Waals surface area contributed by atoms with Crippen LogP contribution in [-0.2, 0) is 11.4 Å². The summed E-state index contributed by atoms with van der Waals surface area (Å²) in [6.45, 7) is 0.280. The molecule has 0 bridgehead atoms. The van der Waals surface area contributed by atoms with E-state index >= 15 is 0 Å². The van der Waals surface area contributed by atoms with E-state index in [9.17, 15) is 14.7 Å². The van der Waals surface area contributed by atoms with E-state index in [-0.39, 0.29) is 12.2 Å². The zero-order valence-corrected chi connectivity index (χ0v) is 18.6. The van der Waals surface area contributed by atoms with Crippen LogP contribution in [0.2, 0.25) is 5.02 Å². The topological polar surface area (TPSA) is 87.0 Å². The van der Waals surface area contributed by atoms with Crippen molar-refractivity contribution in [1.82, 2.24) is 4.57 Å². The van der Waals surface area contributed by atoms with Gasteiger partial charge in [-0.25, -0.2) is 4.79 Å². The standard InChI is InChI=1S/C25H20ClNO6/c1-31-19-8-15(9-20(12-19)32-2)14-33-18-5-3-4-17(11-18)27-13-22(24(28)25(29)30)21-10-16(26)6-7-23(21)27/h3-13H,14H2,1-2H3,(H,29,30). The van der Waals surface area contributed by atoms with Crippen molar-refractivity contribution < 1.29 is 28.9 Å². The summed E-state index contributed by atoms with van der Waals surface area (Å²) in [6, 6.07) is 17.8. The fourth-order valence-corrected chi connectivity index (χ4v) is 3.72. The van der Waals surface area contributed by atoms with Crippen molar-refractivity contribution in [3.05, 3.63) is 83.0 Å². The minimum Gasteiger partial charge on any atom is -0.497 e. The van der Waals surface area contributed by atoms with Gasteiger partial charge in [0, 0.05) is 34.4 Å². The van der Waals surface area contributed by atoms with Crippen molar-refractivity contribution in [1.29, 1.82) is 0 Å². The van der Waals surface area contributed by atoms with Gasteiger partial charge in [0.15, 0.2) is 0 Å². The highest BCUT2D eigenvalue weighted by Gasteiger charge is 2.21. The number of rotatable bonds is 8. The van der Waals surface area contributed by atoms with E-state index in [1.165, 1.54) is 6.20 Å². The van der Waals surface area contributed by atoms with Gasteiger partial charge in [-0.2, -0.15) is 0 Å². The molecule has 1 heterocycles. The molecular weight excluding hydrogens is 446 g/mol. The first-order valence-electron chi connectivity index (χ1n) is 9.93. The Hall–Kier alpha value is -3.97. The number of hydrogen-bond acceptors (Lipinski definition) is 5. The Morgan fingerprint density at radius 3 is 2.33 bits per heavy atom. The number of Topliss-reactive ketones (excluding diaryl/α,β-unsaturated/α-hetero) is 1. The number of fused-ring (bicyclic) bond motifs is 1. The summed E-state index contributed by atoms with van der Waals surface area (Å²) < 4.78 is 18.3. The minimum absolute atomic E-state index is 0.0646. The highest BCUT2D eigenvalue weighted by molar-refractivity contribution is 6.42. The number of halogens is 1. The number of carbonyl (C=O) groups excluding carboxylic acids is 1. The maximum absolute atomic E-state index is 12.2. The van der Waals surface area contributed by atoms with Gasteiger partial charge in [-0.05, 0) is 48.0 Å². The summed E-state index contributed by atoms with van der Waals surface area (Å²) >= 11 is 6.09. The molecule has 0 fully saturated rings. The fraction of sp³-hybridized carbons (Fsp3) is 0.120. The van der Waals surface area contributed by atoms with Crippen LogP contribution >= 0.6 is 11.6 Å². The lowest BCUT2D eigenvalue weighted by Gasteiger charge is -2.12. The number of carboxylic acid groups (broad SMARTS) is 1. The van der Waals surface area contributed by atoms with Crippen LogP contribution in [-0.4, -0.2) is 35.6 Å². The van der Waals surface area contributed by atoms with E-state index in [2.05, 4.69) is 0 Å². The minimum atomic E-state index is -1.53. The number of benzene rings is 3. The Kier molecular flexibility index (Phi) is 6.24. The Labute approximate surface area is 194 Å². The molecule has 168 valence electrons. The molecule has 1 N–H and O–H groups in total. The van der Waals surface area contributed by atoms with Crippen LogP contribution in [0.3, 0.4) is 0 Å². The molecule has 33 heavy (non-hydrogen) atoms. The van der Waals surface area contributed by atoms with Crippen LogP contribution in [0, 0.1) is 0 Å². The van der Waals surface area contributed by atoms with Crippen LogP contribution < -0.4 is 14.2 Å². The van der Waals surface area contributed by atoms with E-state index in [1.807, 2.05) is 30.3 Å². The lowest BCUT2D eigenvalue weighted by molar-refractivity contribution is -0.131. The Morgan fingerprint density at radius 2 is 1.67 bits per heavy atom. The normalized spacial score (nSPS) is 10.8. The van der Waals surface area contributed by atoms with Gasteiger partial charge in [-0.3, -0.25) is 4.79 Å². The van der Waals surface area contributed by atoms with Gasteiger partial charge in [0.25, 0.3) is 5.78 Å². The molecule has 0 unspecified atom stereocenters. The molecule has 0 aliphatic carbocycles. The molecule has 4 rings (SSSR count). The zero-order chi connectivity index (χ0) is 23.5. The third kappa shape index (κ3) is 4.63. The van der Waals surface area contributed by atoms with Crippen LogP contribution in [0.15, 0.2) is 66.9 Å². The first-order valence-corrected chi connectivity index (χ1v) is 10.3. The second kappa shape index (κ2) is 9.26. The third-order valence-electron chi connectivity index (χ3n) is 5.12. The van der Waals surface area contributed by atoms with E-state index in [4.69, 9.17) is 25.8 Å². The number of nitrogens with zero attached hydrogens (tertiary/aromatic N) is 1. The number of hydrogen-bond donors (Lipinski definition) is 1. The lowest BCUT2D eigenvalue weighted by Crippen LogP contribution is -2.12. The smallest absolute Gasteiger partial charge is 0.377 e. The maximum atomic E-state index is 12.2. The summed E-state index contributed by atoms with van der Waals surface area (Å²) in [5.74, 6) is -0.610. The summed E-state index contributed by atoms with van der Waals surface area (Å²) in [5.41, 5.74) is 2.29. The van der Waals surface area contributed by atoms with E-state index in [1.54, 1.807) is 49.1 Å². The highest BCUT2D eigenvalue weighted by atomic mass is 35.5. The van der Waals surface area contributed by atoms with Crippen molar-refractivity contribution in [2.75, 3.05) is 14.2 Å². The molecule has 0 spiro atoms. The monoisotopic (exact) mass is 465 g/mol. The summed E-state index contributed by atoms with van der Waals surface area (Å²) in [7, 11) is 3.17. The lowest BCUT2D eigenvalue weighted by atomic mass is 10.1. The average Bonchev–Trinajstić information content (AvgIpc) is 3.20. The van der Waals surface area contributed by atoms with Crippen molar-refractivity contribution in [2.45, 2.75) is 6.61 Å². The van der Waals surface area contributed by atoms with Gasteiger partial charge < -0.3 is 23.9 Å².